The Hall–Kier alpha value is -3.12. The molecule has 1 heterocycles. The Morgan fingerprint density at radius 3 is 2.50 bits per heavy atom. The van der Waals surface area contributed by atoms with Crippen molar-refractivity contribution in [1.29, 1.82) is 0 Å². The molecule has 2 N–H and O–H groups in total. The summed E-state index contributed by atoms with van der Waals surface area (Å²) in [5.74, 6) is 0. The van der Waals surface area contributed by atoms with E-state index in [2.05, 4.69) is 15.9 Å². The first kappa shape index (κ1) is 15.8. The molecule has 0 spiro atoms. The zero-order chi connectivity index (χ0) is 16.6. The molecule has 0 radical (unpaired) electrons. The molecule has 3 rings (SSSR count). The van der Waals surface area contributed by atoms with E-state index in [1.54, 1.807) is 6.20 Å². The van der Waals surface area contributed by atoms with Gasteiger partial charge in [-0.3, -0.25) is 9.52 Å². The van der Waals surface area contributed by atoms with E-state index in [1.807, 2.05) is 71.5 Å². The van der Waals surface area contributed by atoms with Gasteiger partial charge in [-0.15, -0.1) is 0 Å². The maximum atomic E-state index is 11.8. The van der Waals surface area contributed by atoms with E-state index in [4.69, 9.17) is 4.84 Å². The third kappa shape index (κ3) is 4.69. The molecule has 0 fully saturated rings. The minimum Gasteiger partial charge on any atom is -0.306 e. The molecule has 1 aromatic heterocycles. The quantitative estimate of drug-likeness (QED) is 0.685. The summed E-state index contributed by atoms with van der Waals surface area (Å²) < 4.78 is 1.84. The van der Waals surface area contributed by atoms with Gasteiger partial charge in [-0.05, 0) is 29.3 Å². The first-order valence-corrected chi connectivity index (χ1v) is 7.59. The molecule has 0 aliphatic carbocycles. The van der Waals surface area contributed by atoms with Gasteiger partial charge < -0.3 is 5.32 Å². The number of hydrogen-bond donors (Lipinski definition) is 2. The number of nitrogens with one attached hydrogen (secondary N) is 2. The summed E-state index contributed by atoms with van der Waals surface area (Å²) in [4.78, 5) is 17.0. The fourth-order valence-corrected chi connectivity index (χ4v) is 2.19. The van der Waals surface area contributed by atoms with Crippen molar-refractivity contribution in [2.45, 2.75) is 13.2 Å². The van der Waals surface area contributed by atoms with Crippen molar-refractivity contribution in [3.63, 3.8) is 0 Å². The molecule has 24 heavy (non-hydrogen) atoms. The molecular weight excluding hydrogens is 304 g/mol. The smallest absolute Gasteiger partial charge is 0.306 e. The van der Waals surface area contributed by atoms with Gasteiger partial charge in [0, 0.05) is 18.1 Å². The molecule has 2 aromatic carbocycles. The third-order valence-electron chi connectivity index (χ3n) is 3.36. The number of urea groups is 1. The summed E-state index contributed by atoms with van der Waals surface area (Å²) in [6.07, 6.45) is 3.65. The zero-order valence-corrected chi connectivity index (χ0v) is 13.1. The fraction of sp³-hybridized carbons (Fsp3) is 0.111. The van der Waals surface area contributed by atoms with Crippen molar-refractivity contribution in [1.82, 2.24) is 15.3 Å². The maximum Gasteiger partial charge on any atom is 0.343 e. The number of aromatic nitrogens is 2. The first-order valence-electron chi connectivity index (χ1n) is 7.59. The average molecular weight is 322 g/mol. The highest BCUT2D eigenvalue weighted by Gasteiger charge is 2.02. The topological polar surface area (TPSA) is 68.2 Å². The maximum absolute atomic E-state index is 11.8. The van der Waals surface area contributed by atoms with E-state index in [9.17, 15) is 4.79 Å². The van der Waals surface area contributed by atoms with Crippen molar-refractivity contribution < 1.29 is 9.63 Å². The van der Waals surface area contributed by atoms with Crippen molar-refractivity contribution >= 4 is 11.7 Å². The molecule has 2 amide bonds. The van der Waals surface area contributed by atoms with Gasteiger partial charge in [-0.25, -0.2) is 10.3 Å². The lowest BCUT2D eigenvalue weighted by Crippen LogP contribution is -2.28. The number of amides is 2. The molecule has 0 saturated heterocycles. The fourth-order valence-electron chi connectivity index (χ4n) is 2.19. The van der Waals surface area contributed by atoms with Crippen LogP contribution in [0.15, 0.2) is 73.1 Å². The van der Waals surface area contributed by atoms with Crippen LogP contribution in [0.25, 0.3) is 0 Å². The van der Waals surface area contributed by atoms with E-state index in [-0.39, 0.29) is 0 Å². The normalized spacial score (nSPS) is 10.3. The van der Waals surface area contributed by atoms with E-state index < -0.39 is 6.03 Å². The molecule has 0 aliphatic rings. The van der Waals surface area contributed by atoms with Gasteiger partial charge in [0.1, 0.15) is 0 Å². The minimum atomic E-state index is -0.411. The highest BCUT2D eigenvalue weighted by Crippen LogP contribution is 2.10. The van der Waals surface area contributed by atoms with Crippen LogP contribution in [0.1, 0.15) is 11.1 Å². The predicted molar refractivity (Wildman–Crippen MR) is 91.2 cm³/mol. The van der Waals surface area contributed by atoms with E-state index >= 15 is 0 Å². The largest absolute Gasteiger partial charge is 0.343 e. The van der Waals surface area contributed by atoms with Crippen LogP contribution in [0.3, 0.4) is 0 Å². The lowest BCUT2D eigenvalue weighted by Gasteiger charge is -2.09. The lowest BCUT2D eigenvalue weighted by atomic mass is 10.2. The second kappa shape index (κ2) is 7.94. The van der Waals surface area contributed by atoms with Gasteiger partial charge in [0.2, 0.25) is 0 Å². The number of benzene rings is 2. The highest BCUT2D eigenvalue weighted by atomic mass is 16.7. The van der Waals surface area contributed by atoms with E-state index in [0.29, 0.717) is 18.8 Å². The number of carbonyl (C=O) groups excluding carboxylic acids is 1. The van der Waals surface area contributed by atoms with Crippen molar-refractivity contribution in [2.24, 2.45) is 0 Å². The number of rotatable bonds is 6. The molecule has 122 valence electrons. The third-order valence-corrected chi connectivity index (χ3v) is 3.36. The number of nitrogens with zero attached hydrogens (tertiary/aromatic N) is 2. The summed E-state index contributed by atoms with van der Waals surface area (Å²) >= 11 is 0. The van der Waals surface area contributed by atoms with Crippen LogP contribution in [0.2, 0.25) is 0 Å². The highest BCUT2D eigenvalue weighted by molar-refractivity contribution is 5.88. The minimum absolute atomic E-state index is 0.317. The van der Waals surface area contributed by atoms with Gasteiger partial charge in [0.05, 0.1) is 13.2 Å². The SMILES string of the molecule is O=C(NOCc1ccccc1)Nc1ccc(Cn2cccn2)cc1. The summed E-state index contributed by atoms with van der Waals surface area (Å²) in [6, 6.07) is 18.7. The molecule has 0 atom stereocenters. The molecular formula is C18H18N4O2. The molecule has 0 saturated carbocycles. The molecule has 3 aromatic rings. The number of anilines is 1. The number of hydroxylamine groups is 1. The molecule has 6 nitrogen and oxygen atoms in total. The second-order valence-corrected chi connectivity index (χ2v) is 5.23. The Kier molecular flexibility index (Phi) is 5.21. The predicted octanol–water partition coefficient (Wildman–Crippen LogP) is 3.18. The summed E-state index contributed by atoms with van der Waals surface area (Å²) in [7, 11) is 0. The molecule has 6 heteroatoms. The Morgan fingerprint density at radius 1 is 1.00 bits per heavy atom. The summed E-state index contributed by atoms with van der Waals surface area (Å²) in [6.45, 7) is 1.01. The Bertz CT molecular complexity index is 755. The van der Waals surface area contributed by atoms with Crippen LogP contribution in [0, 0.1) is 0 Å². The van der Waals surface area contributed by atoms with E-state index in [0.717, 1.165) is 11.1 Å². The Balaban J connectivity index is 1.44. The Morgan fingerprint density at radius 2 is 1.79 bits per heavy atom. The number of hydrogen-bond acceptors (Lipinski definition) is 3. The van der Waals surface area contributed by atoms with Crippen LogP contribution in [0.5, 0.6) is 0 Å². The van der Waals surface area contributed by atoms with Gasteiger partial charge in [0.25, 0.3) is 0 Å². The van der Waals surface area contributed by atoms with Crippen LogP contribution in [0.4, 0.5) is 10.5 Å². The van der Waals surface area contributed by atoms with Crippen LogP contribution < -0.4 is 10.8 Å². The van der Waals surface area contributed by atoms with Crippen molar-refractivity contribution in [3.05, 3.63) is 84.2 Å². The van der Waals surface area contributed by atoms with Gasteiger partial charge in [-0.1, -0.05) is 42.5 Å². The first-order chi connectivity index (χ1) is 11.8. The van der Waals surface area contributed by atoms with E-state index in [1.165, 1.54) is 0 Å². The van der Waals surface area contributed by atoms with Crippen LogP contribution in [-0.4, -0.2) is 15.8 Å². The van der Waals surface area contributed by atoms with Crippen molar-refractivity contribution in [2.75, 3.05) is 5.32 Å². The van der Waals surface area contributed by atoms with Gasteiger partial charge in [-0.2, -0.15) is 5.10 Å². The summed E-state index contributed by atoms with van der Waals surface area (Å²) in [5.41, 5.74) is 5.15. The molecule has 0 aliphatic heterocycles. The lowest BCUT2D eigenvalue weighted by molar-refractivity contribution is 0.0536. The molecule has 0 unspecified atom stereocenters. The summed E-state index contributed by atoms with van der Waals surface area (Å²) in [5, 5.41) is 6.88. The van der Waals surface area contributed by atoms with Crippen LogP contribution in [-0.2, 0) is 18.0 Å². The number of carbonyl (C=O) groups is 1. The second-order valence-electron chi connectivity index (χ2n) is 5.23. The average Bonchev–Trinajstić information content (AvgIpc) is 3.11. The molecule has 0 bridgehead atoms. The van der Waals surface area contributed by atoms with Gasteiger partial charge >= 0.3 is 6.03 Å². The zero-order valence-electron chi connectivity index (χ0n) is 13.1. The van der Waals surface area contributed by atoms with Gasteiger partial charge in [0.15, 0.2) is 0 Å². The monoisotopic (exact) mass is 322 g/mol. The standard InChI is InChI=1S/C18H18N4O2/c23-18(21-24-14-16-5-2-1-3-6-16)20-17-9-7-15(8-10-17)13-22-12-4-11-19-22/h1-12H,13-14H2,(H2,20,21,23). The van der Waals surface area contributed by atoms with Crippen LogP contribution >= 0.6 is 0 Å². The van der Waals surface area contributed by atoms with Crippen molar-refractivity contribution in [3.8, 4) is 0 Å². The Labute approximate surface area is 140 Å².